The number of aromatic amines is 1. The standard InChI is InChI=1S/C12H13N3O3/c1-12(2,11(13)17)9-10(16)18-14-15(9)8-6-4-3-5-7-8/h3-7H,1-2H3,(H2-,13,14,16,17)/p+1. The van der Waals surface area contributed by atoms with Gasteiger partial charge in [-0.1, -0.05) is 18.2 Å². The highest BCUT2D eigenvalue weighted by molar-refractivity contribution is 5.84. The second kappa shape index (κ2) is 4.14. The number of hydrogen-bond donors (Lipinski definition) is 2. The van der Waals surface area contributed by atoms with Crippen LogP contribution in [0.4, 0.5) is 0 Å². The van der Waals surface area contributed by atoms with Crippen molar-refractivity contribution >= 4 is 5.91 Å². The van der Waals surface area contributed by atoms with Crippen LogP contribution in [-0.2, 0) is 10.2 Å². The highest BCUT2D eigenvalue weighted by Crippen LogP contribution is 2.17. The van der Waals surface area contributed by atoms with Gasteiger partial charge in [-0.2, -0.15) is 0 Å². The van der Waals surface area contributed by atoms with Gasteiger partial charge >= 0.3 is 11.3 Å². The second-order valence-corrected chi connectivity index (χ2v) is 4.49. The lowest BCUT2D eigenvalue weighted by molar-refractivity contribution is -0.679. The van der Waals surface area contributed by atoms with E-state index in [4.69, 9.17) is 10.3 Å². The number of para-hydroxylation sites is 1. The van der Waals surface area contributed by atoms with Gasteiger partial charge in [0.25, 0.3) is 0 Å². The number of carbonyl (C=O) groups is 1. The molecule has 6 nitrogen and oxygen atoms in total. The molecule has 0 atom stereocenters. The summed E-state index contributed by atoms with van der Waals surface area (Å²) >= 11 is 0. The molecule has 1 heterocycles. The molecule has 0 saturated carbocycles. The molecule has 1 amide bonds. The van der Waals surface area contributed by atoms with E-state index in [0.29, 0.717) is 5.69 Å². The first kappa shape index (κ1) is 12.1. The van der Waals surface area contributed by atoms with Crippen LogP contribution in [0.15, 0.2) is 39.6 Å². The fraction of sp³-hybridized carbons (Fsp3) is 0.250. The number of nitrogens with two attached hydrogens (primary N) is 1. The average Bonchev–Trinajstić information content (AvgIpc) is 2.72. The van der Waals surface area contributed by atoms with Gasteiger partial charge in [-0.15, -0.1) is 0 Å². The van der Waals surface area contributed by atoms with Crippen molar-refractivity contribution in [3.8, 4) is 5.69 Å². The lowest BCUT2D eigenvalue weighted by Gasteiger charge is -2.12. The number of rotatable bonds is 3. The van der Waals surface area contributed by atoms with E-state index >= 15 is 0 Å². The van der Waals surface area contributed by atoms with Crippen LogP contribution in [-0.4, -0.2) is 11.2 Å². The van der Waals surface area contributed by atoms with E-state index in [1.807, 2.05) is 18.2 Å². The Balaban J connectivity index is 2.67. The summed E-state index contributed by atoms with van der Waals surface area (Å²) in [7, 11) is 0. The molecule has 18 heavy (non-hydrogen) atoms. The minimum Gasteiger partial charge on any atom is -0.369 e. The largest absolute Gasteiger partial charge is 0.431 e. The number of nitrogens with zero attached hydrogens (tertiary/aromatic N) is 1. The molecule has 0 radical (unpaired) electrons. The van der Waals surface area contributed by atoms with Gasteiger partial charge in [-0.25, -0.2) is 4.79 Å². The molecule has 0 aliphatic rings. The molecule has 3 N–H and O–H groups in total. The number of primary amides is 1. The van der Waals surface area contributed by atoms with Gasteiger partial charge < -0.3 is 5.73 Å². The summed E-state index contributed by atoms with van der Waals surface area (Å²) < 4.78 is 6.18. The normalized spacial score (nSPS) is 11.4. The molecule has 0 aliphatic heterocycles. The second-order valence-electron chi connectivity index (χ2n) is 4.49. The molecule has 0 saturated heterocycles. The lowest BCUT2D eigenvalue weighted by Crippen LogP contribution is -2.50. The minimum atomic E-state index is -1.13. The van der Waals surface area contributed by atoms with Crippen molar-refractivity contribution in [3.63, 3.8) is 0 Å². The van der Waals surface area contributed by atoms with Crippen LogP contribution >= 0.6 is 0 Å². The highest BCUT2D eigenvalue weighted by atomic mass is 16.5. The van der Waals surface area contributed by atoms with E-state index in [0.717, 1.165) is 0 Å². The first-order chi connectivity index (χ1) is 8.44. The Morgan fingerprint density at radius 2 is 1.94 bits per heavy atom. The molecule has 0 fully saturated rings. The summed E-state index contributed by atoms with van der Waals surface area (Å²) in [5.74, 6) is -0.598. The Hall–Kier alpha value is -2.37. The maximum atomic E-state index is 11.7. The summed E-state index contributed by atoms with van der Waals surface area (Å²) in [6.07, 6.45) is 0. The predicted octanol–water partition coefficient (Wildman–Crippen LogP) is 0.00750. The topological polar surface area (TPSA) is 93.0 Å². The van der Waals surface area contributed by atoms with Crippen LogP contribution in [0, 0.1) is 0 Å². The van der Waals surface area contributed by atoms with Gasteiger partial charge in [0.05, 0.1) is 0 Å². The number of benzene rings is 1. The highest BCUT2D eigenvalue weighted by Gasteiger charge is 2.43. The van der Waals surface area contributed by atoms with Crippen LogP contribution in [0.25, 0.3) is 5.69 Å². The SMILES string of the molecule is CC(C)(C(N)=O)c1c(=O)o[nH][n+]1-c1ccccc1. The van der Waals surface area contributed by atoms with Gasteiger partial charge in [0.15, 0.2) is 0 Å². The van der Waals surface area contributed by atoms with Crippen molar-refractivity contribution in [2.45, 2.75) is 19.3 Å². The van der Waals surface area contributed by atoms with Crippen LogP contribution < -0.4 is 16.0 Å². The first-order valence-corrected chi connectivity index (χ1v) is 5.44. The lowest BCUT2D eigenvalue weighted by atomic mass is 9.88. The zero-order chi connectivity index (χ0) is 13.3. The van der Waals surface area contributed by atoms with Crippen molar-refractivity contribution in [2.24, 2.45) is 5.73 Å². The molecule has 0 bridgehead atoms. The van der Waals surface area contributed by atoms with Crippen molar-refractivity contribution in [2.75, 3.05) is 0 Å². The minimum absolute atomic E-state index is 0.168. The smallest absolute Gasteiger partial charge is 0.369 e. The number of hydrogen-bond acceptors (Lipinski definition) is 3. The van der Waals surface area contributed by atoms with Crippen molar-refractivity contribution in [1.29, 1.82) is 0 Å². The number of H-pyrrole nitrogens is 1. The van der Waals surface area contributed by atoms with Gasteiger partial charge in [0.2, 0.25) is 11.6 Å². The molecule has 2 rings (SSSR count). The molecule has 0 aliphatic carbocycles. The zero-order valence-corrected chi connectivity index (χ0v) is 10.1. The molecule has 1 aromatic carbocycles. The van der Waals surface area contributed by atoms with E-state index in [1.54, 1.807) is 26.0 Å². The first-order valence-electron chi connectivity index (χ1n) is 5.44. The molecule has 0 spiro atoms. The summed E-state index contributed by atoms with van der Waals surface area (Å²) in [4.78, 5) is 23.2. The summed E-state index contributed by atoms with van der Waals surface area (Å²) in [5, 5.41) is 2.47. The maximum Gasteiger partial charge on any atom is 0.431 e. The predicted molar refractivity (Wildman–Crippen MR) is 63.1 cm³/mol. The Bertz CT molecular complexity index is 626. The third-order valence-electron chi connectivity index (χ3n) is 2.87. The van der Waals surface area contributed by atoms with Crippen molar-refractivity contribution in [1.82, 2.24) is 5.27 Å². The fourth-order valence-electron chi connectivity index (χ4n) is 1.68. The van der Waals surface area contributed by atoms with Crippen molar-refractivity contribution in [3.05, 3.63) is 46.4 Å². The molecule has 1 aromatic heterocycles. The molecule has 2 aromatic rings. The van der Waals surface area contributed by atoms with Gasteiger partial charge in [-0.05, 0) is 23.8 Å². The third-order valence-corrected chi connectivity index (χ3v) is 2.87. The molecular formula is C12H14N3O3+. The molecular weight excluding hydrogens is 234 g/mol. The monoisotopic (exact) mass is 248 g/mol. The van der Waals surface area contributed by atoms with E-state index in [-0.39, 0.29) is 5.69 Å². The summed E-state index contributed by atoms with van der Waals surface area (Å²) in [6, 6.07) is 9.04. The van der Waals surface area contributed by atoms with Crippen LogP contribution in [0.1, 0.15) is 19.5 Å². The van der Waals surface area contributed by atoms with Crippen LogP contribution in [0.2, 0.25) is 0 Å². The van der Waals surface area contributed by atoms with Gasteiger partial charge in [-0.3, -0.25) is 9.32 Å². The molecule has 6 heteroatoms. The zero-order valence-electron chi connectivity index (χ0n) is 10.1. The Morgan fingerprint density at radius 3 is 2.50 bits per heavy atom. The number of nitrogens with one attached hydrogen (secondary N) is 1. The van der Waals surface area contributed by atoms with Crippen LogP contribution in [0.5, 0.6) is 0 Å². The van der Waals surface area contributed by atoms with Crippen LogP contribution in [0.3, 0.4) is 0 Å². The number of amides is 1. The number of aromatic nitrogens is 2. The fourth-order valence-corrected chi connectivity index (χ4v) is 1.68. The van der Waals surface area contributed by atoms with E-state index < -0.39 is 16.9 Å². The quantitative estimate of drug-likeness (QED) is 0.749. The Labute approximate surface area is 103 Å². The average molecular weight is 248 g/mol. The third kappa shape index (κ3) is 1.81. The Morgan fingerprint density at radius 1 is 1.33 bits per heavy atom. The summed E-state index contributed by atoms with van der Waals surface area (Å²) in [5.41, 5.74) is 4.45. The van der Waals surface area contributed by atoms with Gasteiger partial charge in [0.1, 0.15) is 5.41 Å². The maximum absolute atomic E-state index is 11.7. The van der Waals surface area contributed by atoms with E-state index in [1.165, 1.54) is 4.68 Å². The van der Waals surface area contributed by atoms with Gasteiger partial charge in [0, 0.05) is 12.1 Å². The van der Waals surface area contributed by atoms with Crippen molar-refractivity contribution < 1.29 is 14.0 Å². The van der Waals surface area contributed by atoms with E-state index in [2.05, 4.69) is 5.27 Å². The van der Waals surface area contributed by atoms with E-state index in [9.17, 15) is 9.59 Å². The Kier molecular flexibility index (Phi) is 2.78. The molecule has 0 unspecified atom stereocenters. The molecule has 94 valence electrons. The number of carbonyl (C=O) groups excluding carboxylic acids is 1. The summed E-state index contributed by atoms with van der Waals surface area (Å²) in [6.45, 7) is 3.16.